The van der Waals surface area contributed by atoms with Crippen LogP contribution in [0.25, 0.3) is 0 Å². The molecule has 0 amide bonds. The molecule has 4 bridgehead atoms. The van der Waals surface area contributed by atoms with Crippen LogP contribution in [-0.4, -0.2) is 25.2 Å². The van der Waals surface area contributed by atoms with Crippen molar-refractivity contribution in [3.63, 3.8) is 0 Å². The van der Waals surface area contributed by atoms with Gasteiger partial charge >= 0.3 is 0 Å². The van der Waals surface area contributed by atoms with Crippen LogP contribution in [0.1, 0.15) is 52.9 Å². The zero-order valence-corrected chi connectivity index (χ0v) is 13.0. The first-order valence-electron chi connectivity index (χ1n) is 8.58. The van der Waals surface area contributed by atoms with Gasteiger partial charge in [-0.1, -0.05) is 13.8 Å². The van der Waals surface area contributed by atoms with Crippen molar-refractivity contribution in [1.29, 1.82) is 0 Å². The van der Waals surface area contributed by atoms with Crippen LogP contribution in [0.15, 0.2) is 0 Å². The van der Waals surface area contributed by atoms with E-state index in [1.807, 2.05) is 0 Å². The average Bonchev–Trinajstić information content (AvgIpc) is 2.34. The number of hydrogen-bond acceptors (Lipinski definition) is 2. The molecule has 4 aliphatic rings. The highest BCUT2D eigenvalue weighted by Crippen LogP contribution is 2.56. The third-order valence-corrected chi connectivity index (χ3v) is 5.96. The Morgan fingerprint density at radius 1 is 0.842 bits per heavy atom. The first kappa shape index (κ1) is 13.9. The summed E-state index contributed by atoms with van der Waals surface area (Å²) in [4.78, 5) is 0. The minimum absolute atomic E-state index is 0.602. The molecule has 2 heteroatoms. The second kappa shape index (κ2) is 5.73. The Morgan fingerprint density at radius 3 is 1.95 bits per heavy atom. The molecular weight excluding hydrogens is 232 g/mol. The second-order valence-corrected chi connectivity index (χ2v) is 7.97. The molecule has 2 N–H and O–H groups in total. The van der Waals surface area contributed by atoms with E-state index in [1.165, 1.54) is 6.54 Å². The van der Waals surface area contributed by atoms with E-state index in [0.29, 0.717) is 12.1 Å². The molecule has 110 valence electrons. The first-order chi connectivity index (χ1) is 9.11. The van der Waals surface area contributed by atoms with E-state index in [4.69, 9.17) is 0 Å². The minimum Gasteiger partial charge on any atom is -0.313 e. The van der Waals surface area contributed by atoms with Crippen molar-refractivity contribution in [3.05, 3.63) is 0 Å². The number of rotatable bonds is 6. The van der Waals surface area contributed by atoms with Crippen molar-refractivity contribution in [3.8, 4) is 0 Å². The Balaban J connectivity index is 1.45. The van der Waals surface area contributed by atoms with Crippen molar-refractivity contribution >= 4 is 0 Å². The third-order valence-electron chi connectivity index (χ3n) is 5.96. The molecule has 0 spiro atoms. The van der Waals surface area contributed by atoms with Crippen LogP contribution >= 0.6 is 0 Å². The summed E-state index contributed by atoms with van der Waals surface area (Å²) in [5, 5.41) is 7.34. The smallest absolute Gasteiger partial charge is 0.0164 e. The molecule has 0 aliphatic heterocycles. The minimum atomic E-state index is 0.602. The van der Waals surface area contributed by atoms with Crippen molar-refractivity contribution in [1.82, 2.24) is 10.6 Å². The number of hydrogen-bond donors (Lipinski definition) is 2. The monoisotopic (exact) mass is 264 g/mol. The van der Waals surface area contributed by atoms with Crippen LogP contribution < -0.4 is 10.6 Å². The van der Waals surface area contributed by atoms with Gasteiger partial charge in [-0.05, 0) is 75.2 Å². The Morgan fingerprint density at radius 2 is 1.42 bits per heavy atom. The van der Waals surface area contributed by atoms with E-state index >= 15 is 0 Å². The van der Waals surface area contributed by atoms with Crippen LogP contribution in [-0.2, 0) is 0 Å². The molecule has 19 heavy (non-hydrogen) atoms. The molecule has 0 aromatic heterocycles. The molecule has 4 fully saturated rings. The van der Waals surface area contributed by atoms with E-state index in [0.717, 1.165) is 36.1 Å². The van der Waals surface area contributed by atoms with Gasteiger partial charge in [-0.25, -0.2) is 0 Å². The lowest BCUT2D eigenvalue weighted by Crippen LogP contribution is -2.50. The largest absolute Gasteiger partial charge is 0.313 e. The molecule has 4 rings (SSSR count). The Kier molecular flexibility index (Phi) is 4.19. The lowest BCUT2D eigenvalue weighted by molar-refractivity contribution is -0.0361. The summed E-state index contributed by atoms with van der Waals surface area (Å²) < 4.78 is 0. The van der Waals surface area contributed by atoms with Crippen LogP contribution in [0.4, 0.5) is 0 Å². The fourth-order valence-corrected chi connectivity index (χ4v) is 5.19. The average molecular weight is 264 g/mol. The maximum absolute atomic E-state index is 3.80. The zero-order chi connectivity index (χ0) is 13.4. The molecule has 0 aromatic carbocycles. The Bertz CT molecular complexity index is 272. The van der Waals surface area contributed by atoms with Crippen molar-refractivity contribution in [2.45, 2.75) is 65.0 Å². The lowest BCUT2D eigenvalue weighted by Gasteiger charge is -2.54. The molecule has 0 heterocycles. The van der Waals surface area contributed by atoms with Crippen LogP contribution in [0.3, 0.4) is 0 Å². The fraction of sp³-hybridized carbons (Fsp3) is 1.00. The highest BCUT2D eigenvalue weighted by atomic mass is 15.0. The van der Waals surface area contributed by atoms with Gasteiger partial charge in [0.1, 0.15) is 0 Å². The van der Waals surface area contributed by atoms with Gasteiger partial charge in [0.2, 0.25) is 0 Å². The van der Waals surface area contributed by atoms with E-state index in [-0.39, 0.29) is 0 Å². The van der Waals surface area contributed by atoms with Crippen LogP contribution in [0.2, 0.25) is 0 Å². The van der Waals surface area contributed by atoms with Crippen molar-refractivity contribution < 1.29 is 0 Å². The fourth-order valence-electron chi connectivity index (χ4n) is 5.19. The van der Waals surface area contributed by atoms with Crippen molar-refractivity contribution in [2.24, 2.45) is 29.6 Å². The maximum atomic E-state index is 3.80. The predicted molar refractivity (Wildman–Crippen MR) is 81.1 cm³/mol. The highest BCUT2D eigenvalue weighted by Gasteiger charge is 2.47. The topological polar surface area (TPSA) is 24.1 Å². The van der Waals surface area contributed by atoms with Gasteiger partial charge in [-0.2, -0.15) is 0 Å². The first-order valence-corrected chi connectivity index (χ1v) is 8.58. The molecule has 0 radical (unpaired) electrons. The van der Waals surface area contributed by atoms with Crippen molar-refractivity contribution in [2.75, 3.05) is 13.1 Å². The van der Waals surface area contributed by atoms with E-state index in [9.17, 15) is 0 Å². The van der Waals surface area contributed by atoms with E-state index < -0.39 is 0 Å². The molecule has 0 aromatic rings. The molecular formula is C17H32N2. The molecule has 2 nitrogen and oxygen atoms in total. The van der Waals surface area contributed by atoms with E-state index in [2.05, 4.69) is 31.4 Å². The van der Waals surface area contributed by atoms with Gasteiger partial charge in [0.25, 0.3) is 0 Å². The summed E-state index contributed by atoms with van der Waals surface area (Å²) in [5.74, 6) is 5.34. The maximum Gasteiger partial charge on any atom is 0.0164 e. The van der Waals surface area contributed by atoms with Crippen LogP contribution in [0.5, 0.6) is 0 Å². The lowest BCUT2D eigenvalue weighted by atomic mass is 9.52. The highest BCUT2D eigenvalue weighted by molar-refractivity contribution is 4.98. The zero-order valence-electron chi connectivity index (χ0n) is 13.0. The summed E-state index contributed by atoms with van der Waals surface area (Å²) in [5.41, 5.74) is 0. The molecule has 4 aliphatic carbocycles. The van der Waals surface area contributed by atoms with Gasteiger partial charge in [0.05, 0.1) is 0 Å². The molecule has 0 saturated heterocycles. The standard InChI is InChI=1S/C17H32N2/c1-11(2)18-9-12(3)19-10-17-15-5-13-4-14(7-15)8-16(17)6-13/h11-19H,4-10H2,1-3H3. The quantitative estimate of drug-likeness (QED) is 0.770. The van der Waals surface area contributed by atoms with Gasteiger partial charge in [-0.3, -0.25) is 0 Å². The summed E-state index contributed by atoms with van der Waals surface area (Å²) in [6.45, 7) is 9.15. The van der Waals surface area contributed by atoms with Gasteiger partial charge in [0, 0.05) is 18.6 Å². The van der Waals surface area contributed by atoms with Gasteiger partial charge in [-0.15, -0.1) is 0 Å². The summed E-state index contributed by atoms with van der Waals surface area (Å²) in [6, 6.07) is 1.21. The van der Waals surface area contributed by atoms with Gasteiger partial charge in [0.15, 0.2) is 0 Å². The summed E-state index contributed by atoms with van der Waals surface area (Å²) in [6.07, 6.45) is 7.79. The van der Waals surface area contributed by atoms with E-state index in [1.54, 1.807) is 32.1 Å². The summed E-state index contributed by atoms with van der Waals surface area (Å²) in [7, 11) is 0. The molecule has 4 saturated carbocycles. The summed E-state index contributed by atoms with van der Waals surface area (Å²) >= 11 is 0. The second-order valence-electron chi connectivity index (χ2n) is 7.97. The Hall–Kier alpha value is -0.0800. The molecule has 1 unspecified atom stereocenters. The van der Waals surface area contributed by atoms with Crippen LogP contribution in [0, 0.1) is 29.6 Å². The predicted octanol–water partition coefficient (Wildman–Crippen LogP) is 3.03. The number of nitrogens with one attached hydrogen (secondary N) is 2. The Labute approximate surface area is 119 Å². The normalized spacial score (nSPS) is 42.0. The van der Waals surface area contributed by atoms with Gasteiger partial charge < -0.3 is 10.6 Å². The molecule has 1 atom stereocenters. The SMILES string of the molecule is CC(C)NCC(C)NCC1C2CC3CC(C2)CC1C3. The third kappa shape index (κ3) is 3.16.